The third kappa shape index (κ3) is 2.96. The molecule has 1 unspecified atom stereocenters. The molecule has 0 spiro atoms. The molecule has 9 atom stereocenters. The Morgan fingerprint density at radius 1 is 1.06 bits per heavy atom. The molecule has 0 radical (unpaired) electrons. The summed E-state index contributed by atoms with van der Waals surface area (Å²) in [6, 6.07) is 2.04. The lowest BCUT2D eigenvalue weighted by molar-refractivity contribution is -0.131. The van der Waals surface area contributed by atoms with Crippen molar-refractivity contribution in [2.75, 3.05) is 0 Å². The molecule has 2 aromatic rings. The normalized spacial score (nSPS) is 45.7. The number of aliphatic hydroxyl groups is 1. The van der Waals surface area contributed by atoms with Crippen molar-refractivity contribution in [3.05, 3.63) is 24.2 Å². The lowest BCUT2D eigenvalue weighted by Crippen LogP contribution is -2.50. The first-order chi connectivity index (χ1) is 15.9. The summed E-state index contributed by atoms with van der Waals surface area (Å²) in [6.45, 7) is 4.83. The van der Waals surface area contributed by atoms with Gasteiger partial charge in [0.05, 0.1) is 18.3 Å². The Bertz CT molecular complexity index is 1130. The van der Waals surface area contributed by atoms with Crippen molar-refractivity contribution in [3.8, 4) is 0 Å². The first-order valence-electron chi connectivity index (χ1n) is 13.4. The number of nitrogens with zero attached hydrogens (tertiary/aromatic N) is 3. The molecule has 0 bridgehead atoms. The van der Waals surface area contributed by atoms with Gasteiger partial charge in [-0.15, -0.1) is 0 Å². The minimum Gasteiger partial charge on any atom is -0.390 e. The smallest absolute Gasteiger partial charge is 0.157 e. The van der Waals surface area contributed by atoms with E-state index in [1.165, 1.54) is 38.5 Å². The molecular weight excluding hydrogens is 410 g/mol. The highest BCUT2D eigenvalue weighted by Crippen LogP contribution is 2.68. The molecule has 1 N–H and O–H groups in total. The fourth-order valence-electron chi connectivity index (χ4n) is 9.65. The number of aromatic nitrogens is 3. The van der Waals surface area contributed by atoms with Crippen LogP contribution < -0.4 is 0 Å². The van der Waals surface area contributed by atoms with Gasteiger partial charge in [0.1, 0.15) is 5.52 Å². The lowest BCUT2D eigenvalue weighted by Gasteiger charge is -2.56. The summed E-state index contributed by atoms with van der Waals surface area (Å²) >= 11 is 0. The minimum absolute atomic E-state index is 0.158. The molecule has 2 aromatic heterocycles. The second-order valence-electron chi connectivity index (χ2n) is 12.6. The Labute approximate surface area is 196 Å². The number of hydrogen-bond acceptors (Lipinski definition) is 4. The average molecular weight is 448 g/mol. The molecule has 0 saturated heterocycles. The van der Waals surface area contributed by atoms with Gasteiger partial charge in [0.2, 0.25) is 0 Å². The van der Waals surface area contributed by atoms with Gasteiger partial charge in [-0.05, 0) is 112 Å². The predicted octanol–water partition coefficient (Wildman–Crippen LogP) is 4.94. The van der Waals surface area contributed by atoms with Gasteiger partial charge in [-0.1, -0.05) is 6.92 Å². The second kappa shape index (κ2) is 6.90. The van der Waals surface area contributed by atoms with Crippen LogP contribution in [0.2, 0.25) is 0 Å². The highest BCUT2D eigenvalue weighted by molar-refractivity contribution is 5.83. The molecule has 2 heterocycles. The summed E-state index contributed by atoms with van der Waals surface area (Å²) < 4.78 is 1.85. The highest BCUT2D eigenvalue weighted by atomic mass is 16.3. The maximum atomic E-state index is 13.6. The van der Waals surface area contributed by atoms with E-state index in [4.69, 9.17) is 0 Å². The van der Waals surface area contributed by atoms with Crippen LogP contribution in [-0.2, 0) is 11.3 Å². The van der Waals surface area contributed by atoms with Gasteiger partial charge < -0.3 is 5.11 Å². The Hall–Kier alpha value is -1.75. The predicted molar refractivity (Wildman–Crippen MR) is 126 cm³/mol. The third-order valence-corrected chi connectivity index (χ3v) is 11.2. The number of aryl methyl sites for hydroxylation is 1. The molecule has 176 valence electrons. The van der Waals surface area contributed by atoms with Crippen LogP contribution in [0, 0.1) is 53.8 Å². The molecular formula is C28H37N3O2. The van der Waals surface area contributed by atoms with Gasteiger partial charge in [0.25, 0.3) is 0 Å². The maximum Gasteiger partial charge on any atom is 0.157 e. The number of fused-ring (bicyclic) bond motifs is 8. The molecule has 5 saturated carbocycles. The standard InChI is InChI=1S/C28H37N3O2/c1-16-11-17-14-31(30-25(17)13-29-16)15-26(32)23-6-5-22-20-3-4-21-19(8-10-28(33)12-24(21)28)18(20)7-9-27(22,23)2/h11,13-14,18-24,33H,3-10,12,15H2,1-2H3/t18-,19-,20-,21+,22+,23-,24?,27+,28+/m1/s1. The number of pyridine rings is 1. The number of Topliss-reactive ketones (excluding diaryl/α,β-unsaturated/α-hetero) is 1. The van der Waals surface area contributed by atoms with Crippen LogP contribution in [-0.4, -0.2) is 31.3 Å². The summed E-state index contributed by atoms with van der Waals surface area (Å²) in [5.41, 5.74) is 1.73. The van der Waals surface area contributed by atoms with E-state index < -0.39 is 0 Å². The van der Waals surface area contributed by atoms with Crippen LogP contribution in [0.3, 0.4) is 0 Å². The molecule has 0 amide bonds. The molecule has 5 nitrogen and oxygen atoms in total. The van der Waals surface area contributed by atoms with Gasteiger partial charge in [-0.3, -0.25) is 14.5 Å². The van der Waals surface area contributed by atoms with Crippen LogP contribution >= 0.6 is 0 Å². The van der Waals surface area contributed by atoms with Gasteiger partial charge in [-0.25, -0.2) is 0 Å². The first kappa shape index (κ1) is 20.6. The topological polar surface area (TPSA) is 68.0 Å². The molecule has 5 aliphatic rings. The second-order valence-corrected chi connectivity index (χ2v) is 12.6. The van der Waals surface area contributed by atoms with E-state index in [2.05, 4.69) is 17.0 Å². The van der Waals surface area contributed by atoms with Crippen molar-refractivity contribution in [1.29, 1.82) is 0 Å². The van der Waals surface area contributed by atoms with Crippen LogP contribution in [0.1, 0.15) is 70.4 Å². The fourth-order valence-corrected chi connectivity index (χ4v) is 9.65. The molecule has 0 aliphatic heterocycles. The summed E-state index contributed by atoms with van der Waals surface area (Å²) in [5, 5.41) is 16.4. The summed E-state index contributed by atoms with van der Waals surface area (Å²) in [7, 11) is 0. The van der Waals surface area contributed by atoms with Crippen molar-refractivity contribution in [2.45, 2.75) is 83.8 Å². The third-order valence-electron chi connectivity index (χ3n) is 11.2. The monoisotopic (exact) mass is 447 g/mol. The van der Waals surface area contributed by atoms with Crippen LogP contribution in [0.15, 0.2) is 18.5 Å². The Kier molecular flexibility index (Phi) is 4.31. The van der Waals surface area contributed by atoms with E-state index in [-0.39, 0.29) is 16.9 Å². The molecule has 5 aliphatic carbocycles. The van der Waals surface area contributed by atoms with Gasteiger partial charge >= 0.3 is 0 Å². The van der Waals surface area contributed by atoms with E-state index in [0.717, 1.165) is 59.5 Å². The van der Waals surface area contributed by atoms with Crippen molar-refractivity contribution in [1.82, 2.24) is 14.8 Å². The number of ketones is 1. The minimum atomic E-state index is -0.284. The number of carbonyl (C=O) groups excluding carboxylic acids is 1. The van der Waals surface area contributed by atoms with Gasteiger partial charge in [-0.2, -0.15) is 5.10 Å². The summed E-state index contributed by atoms with van der Waals surface area (Å²) in [4.78, 5) is 17.9. The zero-order valence-electron chi connectivity index (χ0n) is 20.0. The van der Waals surface area contributed by atoms with Gasteiger partial charge in [0, 0.05) is 23.2 Å². The van der Waals surface area contributed by atoms with E-state index in [0.29, 0.717) is 24.2 Å². The highest BCUT2D eigenvalue weighted by Gasteiger charge is 2.65. The van der Waals surface area contributed by atoms with Gasteiger partial charge in [0.15, 0.2) is 5.78 Å². The van der Waals surface area contributed by atoms with E-state index in [9.17, 15) is 9.90 Å². The largest absolute Gasteiger partial charge is 0.390 e. The fraction of sp³-hybridized carbons (Fsp3) is 0.750. The number of rotatable bonds is 3. The summed E-state index contributed by atoms with van der Waals surface area (Å²) in [5.74, 6) is 5.12. The van der Waals surface area contributed by atoms with Crippen LogP contribution in [0.5, 0.6) is 0 Å². The first-order valence-corrected chi connectivity index (χ1v) is 13.4. The Balaban J connectivity index is 1.09. The molecule has 33 heavy (non-hydrogen) atoms. The zero-order valence-corrected chi connectivity index (χ0v) is 20.0. The van der Waals surface area contributed by atoms with E-state index in [1.807, 2.05) is 30.1 Å². The summed E-state index contributed by atoms with van der Waals surface area (Å²) in [6.07, 6.45) is 14.6. The van der Waals surface area contributed by atoms with Crippen molar-refractivity contribution < 1.29 is 9.90 Å². The number of carbonyl (C=O) groups is 1. The molecule has 5 heteroatoms. The van der Waals surface area contributed by atoms with Crippen LogP contribution in [0.4, 0.5) is 0 Å². The van der Waals surface area contributed by atoms with Crippen molar-refractivity contribution >= 4 is 16.7 Å². The van der Waals surface area contributed by atoms with E-state index in [1.54, 1.807) is 0 Å². The quantitative estimate of drug-likeness (QED) is 0.724. The maximum absolute atomic E-state index is 13.6. The number of hydrogen-bond donors (Lipinski definition) is 1. The zero-order chi connectivity index (χ0) is 22.5. The van der Waals surface area contributed by atoms with E-state index >= 15 is 0 Å². The lowest BCUT2D eigenvalue weighted by atomic mass is 9.49. The van der Waals surface area contributed by atoms with Crippen molar-refractivity contribution in [3.63, 3.8) is 0 Å². The van der Waals surface area contributed by atoms with Crippen molar-refractivity contribution in [2.24, 2.45) is 46.8 Å². The molecule has 5 fully saturated rings. The molecule has 7 rings (SSSR count). The average Bonchev–Trinajstić information content (AvgIpc) is 3.14. The van der Waals surface area contributed by atoms with Crippen LogP contribution in [0.25, 0.3) is 10.9 Å². The Morgan fingerprint density at radius 3 is 2.64 bits per heavy atom. The molecule has 0 aromatic carbocycles. The Morgan fingerprint density at radius 2 is 1.82 bits per heavy atom. The SMILES string of the molecule is Cc1cc2cn(CC(=O)[C@H]3CC[C@H]4[C@@H]5CC[C@@H]6C7C[C@@]7(O)CC[C@@H]6[C@H]5CC[C@]34C)nc2cn1.